The molecule has 19 heavy (non-hydrogen) atoms. The Morgan fingerprint density at radius 3 is 2.95 bits per heavy atom. The second-order valence-electron chi connectivity index (χ2n) is 4.53. The summed E-state index contributed by atoms with van der Waals surface area (Å²) in [4.78, 5) is 0.872. The van der Waals surface area contributed by atoms with Crippen LogP contribution in [0.5, 0.6) is 0 Å². The minimum absolute atomic E-state index is 0.0135. The number of aliphatic hydroxyl groups excluding tert-OH is 1. The molecule has 1 saturated heterocycles. The molecule has 0 aliphatic carbocycles. The van der Waals surface area contributed by atoms with Crippen LogP contribution in [-0.4, -0.2) is 39.4 Å². The molecule has 1 aromatic rings. The maximum atomic E-state index is 12.1. The van der Waals surface area contributed by atoms with E-state index in [-0.39, 0.29) is 12.7 Å². The van der Waals surface area contributed by atoms with Gasteiger partial charge in [0.15, 0.2) is 0 Å². The smallest absolute Gasteiger partial charge is 0.250 e. The molecule has 2 rings (SSSR count). The predicted molar refractivity (Wildman–Crippen MR) is 73.9 cm³/mol. The molecule has 7 heteroatoms. The summed E-state index contributed by atoms with van der Waals surface area (Å²) in [7, 11) is -3.45. The van der Waals surface area contributed by atoms with Gasteiger partial charge < -0.3 is 9.84 Å². The lowest BCUT2D eigenvalue weighted by Gasteiger charge is -2.22. The first-order valence-corrected chi connectivity index (χ1v) is 8.72. The average Bonchev–Trinajstić information content (AvgIpc) is 2.88. The Hall–Kier alpha value is -0.470. The molecule has 1 unspecified atom stereocenters. The highest BCUT2D eigenvalue weighted by Crippen LogP contribution is 2.22. The summed E-state index contributed by atoms with van der Waals surface area (Å²) in [5, 5.41) is 8.83. The van der Waals surface area contributed by atoms with E-state index in [0.717, 1.165) is 24.1 Å². The summed E-state index contributed by atoms with van der Waals surface area (Å²) in [5.41, 5.74) is 0. The van der Waals surface area contributed by atoms with Crippen LogP contribution in [0.3, 0.4) is 0 Å². The summed E-state index contributed by atoms with van der Waals surface area (Å²) in [6.45, 7) is 1.07. The third-order valence-electron chi connectivity index (χ3n) is 3.04. The third kappa shape index (κ3) is 4.25. The van der Waals surface area contributed by atoms with Crippen LogP contribution in [0.4, 0.5) is 0 Å². The number of sulfonamides is 1. The van der Waals surface area contributed by atoms with E-state index < -0.39 is 10.0 Å². The van der Waals surface area contributed by atoms with Crippen LogP contribution in [-0.2, 0) is 21.2 Å². The van der Waals surface area contributed by atoms with Crippen LogP contribution < -0.4 is 4.72 Å². The molecule has 1 aromatic heterocycles. The molecule has 2 N–H and O–H groups in total. The van der Waals surface area contributed by atoms with Crippen molar-refractivity contribution in [3.63, 3.8) is 0 Å². The molecule has 0 spiro atoms. The molecule has 1 aliphatic rings. The van der Waals surface area contributed by atoms with Gasteiger partial charge in [-0.25, -0.2) is 13.1 Å². The first-order valence-electron chi connectivity index (χ1n) is 6.42. The molecule has 5 nitrogen and oxygen atoms in total. The zero-order valence-electron chi connectivity index (χ0n) is 10.7. The Labute approximate surface area is 117 Å². The summed E-state index contributed by atoms with van der Waals surface area (Å²) in [6, 6.07) is 3.33. The van der Waals surface area contributed by atoms with Crippen LogP contribution in [0, 0.1) is 0 Å². The van der Waals surface area contributed by atoms with Crippen molar-refractivity contribution in [2.45, 2.75) is 36.0 Å². The maximum absolute atomic E-state index is 12.1. The number of rotatable bonds is 6. The number of nitrogens with one attached hydrogen (secondary N) is 1. The lowest BCUT2D eigenvalue weighted by molar-refractivity contribution is 0.0200. The van der Waals surface area contributed by atoms with Crippen molar-refractivity contribution >= 4 is 21.4 Å². The van der Waals surface area contributed by atoms with Gasteiger partial charge in [0.25, 0.3) is 0 Å². The van der Waals surface area contributed by atoms with Crippen LogP contribution in [0.25, 0.3) is 0 Å². The van der Waals surface area contributed by atoms with E-state index >= 15 is 0 Å². The van der Waals surface area contributed by atoms with Crippen molar-refractivity contribution in [1.29, 1.82) is 0 Å². The second-order valence-corrected chi connectivity index (χ2v) is 7.70. The number of hydrogen-bond donors (Lipinski definition) is 2. The van der Waals surface area contributed by atoms with Crippen LogP contribution in [0.2, 0.25) is 0 Å². The molecule has 108 valence electrons. The molecular formula is C12H19NO4S2. The molecular weight excluding hydrogens is 286 g/mol. The summed E-state index contributed by atoms with van der Waals surface area (Å²) < 4.78 is 32.5. The Bertz CT molecular complexity index is 492. The molecule has 0 saturated carbocycles. The SMILES string of the molecule is O=S(=O)(NCC1CCCCO1)c1ccc(CCO)s1. The largest absolute Gasteiger partial charge is 0.396 e. The fourth-order valence-electron chi connectivity index (χ4n) is 1.99. The highest BCUT2D eigenvalue weighted by atomic mass is 32.2. The van der Waals surface area contributed by atoms with Gasteiger partial charge in [-0.2, -0.15) is 0 Å². The van der Waals surface area contributed by atoms with Crippen molar-refractivity contribution in [2.24, 2.45) is 0 Å². The molecule has 0 aromatic carbocycles. The molecule has 1 atom stereocenters. The number of ether oxygens (including phenoxy) is 1. The fourth-order valence-corrected chi connectivity index (χ4v) is 4.44. The quantitative estimate of drug-likeness (QED) is 0.826. The Kier molecular flexibility index (Phi) is 5.35. The maximum Gasteiger partial charge on any atom is 0.250 e. The number of thiophene rings is 1. The van der Waals surface area contributed by atoms with Gasteiger partial charge in [-0.3, -0.25) is 0 Å². The zero-order valence-corrected chi connectivity index (χ0v) is 12.3. The van der Waals surface area contributed by atoms with Gasteiger partial charge >= 0.3 is 0 Å². The highest BCUT2D eigenvalue weighted by Gasteiger charge is 2.20. The highest BCUT2D eigenvalue weighted by molar-refractivity contribution is 7.91. The first-order chi connectivity index (χ1) is 9.12. The predicted octanol–water partition coefficient (Wildman–Crippen LogP) is 1.13. The van der Waals surface area contributed by atoms with Gasteiger partial charge in [-0.05, 0) is 31.4 Å². The van der Waals surface area contributed by atoms with E-state index in [1.54, 1.807) is 12.1 Å². The van der Waals surface area contributed by atoms with Crippen molar-refractivity contribution < 1.29 is 18.3 Å². The second kappa shape index (κ2) is 6.81. The average molecular weight is 305 g/mol. The van der Waals surface area contributed by atoms with Gasteiger partial charge in [0.1, 0.15) is 4.21 Å². The molecule has 1 aliphatic heterocycles. The van der Waals surface area contributed by atoms with Crippen molar-refractivity contribution in [3.8, 4) is 0 Å². The van der Waals surface area contributed by atoms with Crippen molar-refractivity contribution in [3.05, 3.63) is 17.0 Å². The zero-order chi connectivity index (χ0) is 13.7. The fraction of sp³-hybridized carbons (Fsp3) is 0.667. The van der Waals surface area contributed by atoms with E-state index in [1.165, 1.54) is 11.3 Å². The first kappa shape index (κ1) is 14.9. The summed E-state index contributed by atoms with van der Waals surface area (Å²) in [6.07, 6.45) is 3.53. The summed E-state index contributed by atoms with van der Waals surface area (Å²) in [5.74, 6) is 0. The van der Waals surface area contributed by atoms with Crippen molar-refractivity contribution in [2.75, 3.05) is 19.8 Å². The third-order valence-corrected chi connectivity index (χ3v) is 6.10. The minimum Gasteiger partial charge on any atom is -0.396 e. The molecule has 0 bridgehead atoms. The molecule has 0 amide bonds. The normalized spacial score (nSPS) is 20.6. The van der Waals surface area contributed by atoms with E-state index in [1.807, 2.05) is 0 Å². The van der Waals surface area contributed by atoms with Gasteiger partial charge in [-0.15, -0.1) is 11.3 Å². The number of aliphatic hydroxyl groups is 1. The molecule has 1 fully saturated rings. The Morgan fingerprint density at radius 1 is 1.42 bits per heavy atom. The van der Waals surface area contributed by atoms with Gasteiger partial charge in [0, 0.05) is 31.1 Å². The van der Waals surface area contributed by atoms with E-state index in [0.29, 0.717) is 23.8 Å². The van der Waals surface area contributed by atoms with Crippen LogP contribution >= 0.6 is 11.3 Å². The molecule has 0 radical (unpaired) electrons. The van der Waals surface area contributed by atoms with Gasteiger partial charge in [0.05, 0.1) is 6.10 Å². The molecule has 2 heterocycles. The standard InChI is InChI=1S/C12H19NO4S2/c14-7-6-11-4-5-12(18-11)19(15,16)13-9-10-3-1-2-8-17-10/h4-5,10,13-14H,1-3,6-9H2. The minimum atomic E-state index is -3.45. The lowest BCUT2D eigenvalue weighted by atomic mass is 10.1. The topological polar surface area (TPSA) is 75.6 Å². The monoisotopic (exact) mass is 305 g/mol. The van der Waals surface area contributed by atoms with Crippen LogP contribution in [0.1, 0.15) is 24.1 Å². The van der Waals surface area contributed by atoms with E-state index in [4.69, 9.17) is 9.84 Å². The van der Waals surface area contributed by atoms with Crippen LogP contribution in [0.15, 0.2) is 16.3 Å². The van der Waals surface area contributed by atoms with E-state index in [9.17, 15) is 8.42 Å². The summed E-state index contributed by atoms with van der Waals surface area (Å²) >= 11 is 1.20. The number of hydrogen-bond acceptors (Lipinski definition) is 5. The Balaban J connectivity index is 1.92. The van der Waals surface area contributed by atoms with Crippen molar-refractivity contribution in [1.82, 2.24) is 4.72 Å². The van der Waals surface area contributed by atoms with Gasteiger partial charge in [0.2, 0.25) is 10.0 Å². The van der Waals surface area contributed by atoms with Gasteiger partial charge in [-0.1, -0.05) is 0 Å². The lowest BCUT2D eigenvalue weighted by Crippen LogP contribution is -2.35. The Morgan fingerprint density at radius 2 is 2.26 bits per heavy atom. The van der Waals surface area contributed by atoms with E-state index in [2.05, 4.69) is 4.72 Å².